The first-order valence-electron chi connectivity index (χ1n) is 5.40. The summed E-state index contributed by atoms with van der Waals surface area (Å²) in [5.41, 5.74) is 0. The lowest BCUT2D eigenvalue weighted by atomic mass is 9.95. The molecule has 0 spiro atoms. The highest BCUT2D eigenvalue weighted by Gasteiger charge is 2.25. The van der Waals surface area contributed by atoms with Crippen LogP contribution in [0.2, 0.25) is 0 Å². The van der Waals surface area contributed by atoms with Gasteiger partial charge in [0.2, 0.25) is 0 Å². The Kier molecular flexibility index (Phi) is 9.97. The fourth-order valence-electron chi connectivity index (χ4n) is 1.42. The van der Waals surface area contributed by atoms with Crippen molar-refractivity contribution in [3.8, 4) is 0 Å². The van der Waals surface area contributed by atoms with Gasteiger partial charge in [-0.15, -0.1) is 0 Å². The van der Waals surface area contributed by atoms with Gasteiger partial charge in [0.15, 0.2) is 0 Å². The molecule has 0 aliphatic carbocycles. The minimum Gasteiger partial charge on any atom is -0.461 e. The van der Waals surface area contributed by atoms with Gasteiger partial charge in [-0.05, 0) is 17.3 Å². The zero-order valence-corrected chi connectivity index (χ0v) is 14.0. The number of carbonyl (C=O) groups excluding carboxylic acids is 2. The highest BCUT2D eigenvalue weighted by molar-refractivity contribution is 14.1. The van der Waals surface area contributed by atoms with Crippen LogP contribution in [0.15, 0.2) is 0 Å². The number of hydrogen-bond acceptors (Lipinski definition) is 3. The second kappa shape index (κ2) is 9.61. The summed E-state index contributed by atoms with van der Waals surface area (Å²) in [5, 5.41) is 0. The topological polar surface area (TPSA) is 43.4 Å². The lowest BCUT2D eigenvalue weighted by Crippen LogP contribution is -2.31. The molecule has 2 atom stereocenters. The van der Waals surface area contributed by atoms with E-state index in [-0.39, 0.29) is 23.8 Å². The van der Waals surface area contributed by atoms with Gasteiger partial charge in [-0.3, -0.25) is 9.59 Å². The maximum absolute atomic E-state index is 11.6. The van der Waals surface area contributed by atoms with Gasteiger partial charge in [-0.2, -0.15) is 0 Å². The van der Waals surface area contributed by atoms with Crippen molar-refractivity contribution in [2.75, 3.05) is 8.86 Å². The zero-order valence-electron chi connectivity index (χ0n) is 9.67. The highest BCUT2D eigenvalue weighted by Crippen LogP contribution is 2.17. The fourth-order valence-corrected chi connectivity index (χ4v) is 2.04. The summed E-state index contributed by atoms with van der Waals surface area (Å²) in [4.78, 5) is 22.8. The molecule has 0 saturated carbocycles. The number of ketones is 1. The maximum Gasteiger partial charge on any atom is 0.316 e. The minimum absolute atomic E-state index is 0.166. The monoisotopic (exact) mass is 452 g/mol. The number of hydrogen-bond donors (Lipinski definition) is 0. The Hall–Kier alpha value is 0.600. The summed E-state index contributed by atoms with van der Waals surface area (Å²) in [6, 6.07) is 0. The molecule has 0 heterocycles. The summed E-state index contributed by atoms with van der Waals surface area (Å²) >= 11 is 4.26. The molecule has 0 rings (SSSR count). The van der Waals surface area contributed by atoms with E-state index >= 15 is 0 Å². The van der Waals surface area contributed by atoms with E-state index in [1.165, 1.54) is 0 Å². The van der Waals surface area contributed by atoms with E-state index in [0.717, 1.165) is 17.3 Å². The van der Waals surface area contributed by atoms with E-state index in [2.05, 4.69) is 22.6 Å². The molecule has 94 valence electrons. The molecule has 0 aliphatic heterocycles. The summed E-state index contributed by atoms with van der Waals surface area (Å²) in [5.74, 6) is -0.241. The predicted molar refractivity (Wildman–Crippen MR) is 81.4 cm³/mol. The van der Waals surface area contributed by atoms with Crippen LogP contribution in [0.1, 0.15) is 33.1 Å². The molecule has 0 aromatic rings. The molecule has 0 N–H and O–H groups in total. The molecule has 0 saturated heterocycles. The normalized spacial score (nSPS) is 14.2. The Bertz CT molecular complexity index is 231. The molecule has 0 amide bonds. The van der Waals surface area contributed by atoms with Crippen LogP contribution in [0, 0.1) is 5.92 Å². The third-order valence-corrected chi connectivity index (χ3v) is 3.81. The average molecular weight is 452 g/mol. The van der Waals surface area contributed by atoms with E-state index in [4.69, 9.17) is 4.74 Å². The highest BCUT2D eigenvalue weighted by atomic mass is 127. The maximum atomic E-state index is 11.6. The van der Waals surface area contributed by atoms with E-state index < -0.39 is 0 Å². The van der Waals surface area contributed by atoms with Gasteiger partial charge in [0, 0.05) is 6.42 Å². The van der Waals surface area contributed by atoms with Gasteiger partial charge in [-0.25, -0.2) is 0 Å². The average Bonchev–Trinajstić information content (AvgIpc) is 2.31. The number of Topliss-reactive ketones (excluding diaryl/α,β-unsaturated/α-hetero) is 1. The van der Waals surface area contributed by atoms with Crippen LogP contribution in [-0.2, 0) is 14.3 Å². The van der Waals surface area contributed by atoms with E-state index in [1.54, 1.807) is 0 Å². The van der Waals surface area contributed by atoms with Crippen molar-refractivity contribution in [1.82, 2.24) is 0 Å². The third-order valence-electron chi connectivity index (χ3n) is 2.43. The van der Waals surface area contributed by atoms with Gasteiger partial charge in [0.05, 0.1) is 10.3 Å². The first-order valence-corrected chi connectivity index (χ1v) is 8.46. The Balaban J connectivity index is 4.39. The van der Waals surface area contributed by atoms with Gasteiger partial charge < -0.3 is 4.74 Å². The van der Waals surface area contributed by atoms with Crippen molar-refractivity contribution in [2.45, 2.75) is 39.2 Å². The quantitative estimate of drug-likeness (QED) is 0.323. The van der Waals surface area contributed by atoms with Gasteiger partial charge >= 0.3 is 5.97 Å². The Morgan fingerprint density at radius 3 is 2.38 bits per heavy atom. The molecule has 3 nitrogen and oxygen atoms in total. The number of carbonyl (C=O) groups is 2. The van der Waals surface area contributed by atoms with Crippen molar-refractivity contribution in [3.05, 3.63) is 0 Å². The summed E-state index contributed by atoms with van der Waals surface area (Å²) in [6.45, 7) is 3.69. The molecule has 0 aliphatic rings. The van der Waals surface area contributed by atoms with E-state index in [1.807, 2.05) is 36.4 Å². The molecule has 16 heavy (non-hydrogen) atoms. The van der Waals surface area contributed by atoms with Crippen LogP contribution in [0.4, 0.5) is 0 Å². The van der Waals surface area contributed by atoms with E-state index in [9.17, 15) is 9.59 Å². The molecule has 0 radical (unpaired) electrons. The number of rotatable bonds is 8. The molecular formula is C11H18I2O3. The molecule has 5 heteroatoms. The first kappa shape index (κ1) is 16.6. The molecule has 0 aromatic carbocycles. The van der Waals surface area contributed by atoms with Crippen LogP contribution in [0.5, 0.6) is 0 Å². The Morgan fingerprint density at radius 1 is 1.31 bits per heavy atom. The van der Waals surface area contributed by atoms with Crippen molar-refractivity contribution in [3.63, 3.8) is 0 Å². The fraction of sp³-hybridized carbons (Fsp3) is 0.818. The third kappa shape index (κ3) is 6.36. The second-order valence-electron chi connectivity index (χ2n) is 3.60. The number of esters is 1. The predicted octanol–water partition coefficient (Wildman–Crippen LogP) is 3.16. The van der Waals surface area contributed by atoms with Crippen molar-refractivity contribution in [1.29, 1.82) is 0 Å². The lowest BCUT2D eigenvalue weighted by molar-refractivity contribution is -0.150. The van der Waals surface area contributed by atoms with Crippen molar-refractivity contribution < 1.29 is 14.3 Å². The molecular weight excluding hydrogens is 434 g/mol. The van der Waals surface area contributed by atoms with Crippen LogP contribution in [0.3, 0.4) is 0 Å². The molecule has 0 fully saturated rings. The lowest BCUT2D eigenvalue weighted by Gasteiger charge is -2.22. The minimum atomic E-state index is -0.246. The number of halogens is 2. The Labute approximate surface area is 124 Å². The van der Waals surface area contributed by atoms with Gasteiger partial charge in [0.1, 0.15) is 11.9 Å². The molecule has 0 aromatic heterocycles. The molecule has 0 bridgehead atoms. The summed E-state index contributed by atoms with van der Waals surface area (Å²) in [7, 11) is 0. The van der Waals surface area contributed by atoms with E-state index in [0.29, 0.717) is 10.8 Å². The standard InChI is InChI=1S/C11H18I2O3/c1-3-9(14)8(2)10(5-4-6-12)16-11(15)7-13/h8,10H,3-7H2,1-2H3/t8-,10+/m1/s1. The van der Waals surface area contributed by atoms with Crippen molar-refractivity contribution >= 4 is 56.9 Å². The summed E-state index contributed by atoms with van der Waals surface area (Å²) < 4.78 is 6.67. The Morgan fingerprint density at radius 2 is 1.94 bits per heavy atom. The second-order valence-corrected chi connectivity index (χ2v) is 5.44. The SMILES string of the molecule is CCC(=O)[C@@H](C)[C@H](CCCI)OC(=O)CI. The van der Waals surface area contributed by atoms with Crippen LogP contribution < -0.4 is 0 Å². The largest absolute Gasteiger partial charge is 0.461 e. The summed E-state index contributed by atoms with van der Waals surface area (Å²) in [6.07, 6.45) is 2.01. The first-order chi connectivity index (χ1) is 7.56. The molecule has 0 unspecified atom stereocenters. The zero-order chi connectivity index (χ0) is 12.6. The van der Waals surface area contributed by atoms with Gasteiger partial charge in [-0.1, -0.05) is 59.0 Å². The smallest absolute Gasteiger partial charge is 0.316 e. The van der Waals surface area contributed by atoms with Crippen LogP contribution >= 0.6 is 45.2 Å². The van der Waals surface area contributed by atoms with Crippen molar-refractivity contribution in [2.24, 2.45) is 5.92 Å². The van der Waals surface area contributed by atoms with Crippen LogP contribution in [0.25, 0.3) is 0 Å². The van der Waals surface area contributed by atoms with Crippen LogP contribution in [-0.4, -0.2) is 26.7 Å². The number of ether oxygens (including phenoxy) is 1. The number of alkyl halides is 2. The van der Waals surface area contributed by atoms with Gasteiger partial charge in [0.25, 0.3) is 0 Å².